The molecule has 2 rings (SSSR count). The van der Waals surface area contributed by atoms with E-state index in [4.69, 9.17) is 0 Å². The van der Waals surface area contributed by atoms with Crippen molar-refractivity contribution in [2.24, 2.45) is 0 Å². The van der Waals surface area contributed by atoms with Crippen LogP contribution in [-0.2, 0) is 0 Å². The second kappa shape index (κ2) is 3.60. The van der Waals surface area contributed by atoms with Crippen LogP contribution in [0.4, 0.5) is 0 Å². The Hall–Kier alpha value is -1.00. The molecule has 63 valence electrons. The van der Waals surface area contributed by atoms with Crippen molar-refractivity contribution >= 4 is 0 Å². The molecule has 1 atom stereocenters. The van der Waals surface area contributed by atoms with Gasteiger partial charge in [-0.3, -0.25) is 9.97 Å². The third-order valence-electron chi connectivity index (χ3n) is 1.90. The fourth-order valence-corrected chi connectivity index (χ4v) is 1.28. The van der Waals surface area contributed by atoms with Gasteiger partial charge in [0.05, 0.1) is 17.9 Å². The van der Waals surface area contributed by atoms with Crippen LogP contribution in [-0.4, -0.2) is 29.6 Å². The van der Waals surface area contributed by atoms with E-state index in [1.165, 1.54) is 0 Å². The summed E-state index contributed by atoms with van der Waals surface area (Å²) in [7, 11) is 0. The monoisotopic (exact) mass is 163 g/mol. The molecule has 0 saturated carbocycles. The molecule has 0 bridgehead atoms. The van der Waals surface area contributed by atoms with Gasteiger partial charge in [-0.1, -0.05) is 0 Å². The summed E-state index contributed by atoms with van der Waals surface area (Å²) in [5.41, 5.74) is 0.963. The van der Waals surface area contributed by atoms with Crippen molar-refractivity contribution < 1.29 is 0 Å². The zero-order chi connectivity index (χ0) is 8.23. The summed E-state index contributed by atoms with van der Waals surface area (Å²) in [4.78, 5) is 8.22. The molecule has 0 aliphatic carbocycles. The van der Waals surface area contributed by atoms with Crippen molar-refractivity contribution in [1.29, 1.82) is 0 Å². The van der Waals surface area contributed by atoms with Crippen molar-refractivity contribution in [2.45, 2.75) is 6.04 Å². The molecule has 0 spiro atoms. The summed E-state index contributed by atoms with van der Waals surface area (Å²) >= 11 is 0. The minimum atomic E-state index is 0.201. The van der Waals surface area contributed by atoms with Crippen molar-refractivity contribution in [3.63, 3.8) is 0 Å². The molecular formula is C8H11N4. The van der Waals surface area contributed by atoms with Gasteiger partial charge in [0.25, 0.3) is 0 Å². The van der Waals surface area contributed by atoms with Crippen LogP contribution in [0.15, 0.2) is 18.6 Å². The second-order valence-corrected chi connectivity index (χ2v) is 2.76. The highest BCUT2D eigenvalue weighted by Gasteiger charge is 2.16. The van der Waals surface area contributed by atoms with Gasteiger partial charge >= 0.3 is 0 Å². The van der Waals surface area contributed by atoms with E-state index in [-0.39, 0.29) is 6.04 Å². The van der Waals surface area contributed by atoms with Gasteiger partial charge in [0.1, 0.15) is 0 Å². The first-order valence-corrected chi connectivity index (χ1v) is 4.10. The molecular weight excluding hydrogens is 152 g/mol. The predicted octanol–water partition coefficient (Wildman–Crippen LogP) is -0.275. The molecule has 1 aliphatic rings. The molecule has 1 radical (unpaired) electrons. The van der Waals surface area contributed by atoms with Crippen LogP contribution in [0, 0.1) is 0 Å². The van der Waals surface area contributed by atoms with Crippen LogP contribution < -0.4 is 10.6 Å². The highest BCUT2D eigenvalue weighted by atomic mass is 15.1. The van der Waals surface area contributed by atoms with Gasteiger partial charge in [0.15, 0.2) is 0 Å². The van der Waals surface area contributed by atoms with Gasteiger partial charge in [0.2, 0.25) is 0 Å². The number of piperazine rings is 1. The lowest BCUT2D eigenvalue weighted by atomic mass is 10.2. The van der Waals surface area contributed by atoms with Gasteiger partial charge in [-0.15, -0.1) is 0 Å². The molecule has 1 N–H and O–H groups in total. The zero-order valence-corrected chi connectivity index (χ0v) is 6.77. The van der Waals surface area contributed by atoms with Crippen LogP contribution in [0.25, 0.3) is 0 Å². The van der Waals surface area contributed by atoms with Gasteiger partial charge < -0.3 is 5.32 Å². The van der Waals surface area contributed by atoms with E-state index in [1.807, 2.05) is 0 Å². The Morgan fingerprint density at radius 3 is 3.08 bits per heavy atom. The fraction of sp³-hybridized carbons (Fsp3) is 0.500. The van der Waals surface area contributed by atoms with Crippen molar-refractivity contribution in [3.8, 4) is 0 Å². The first-order valence-electron chi connectivity index (χ1n) is 4.10. The zero-order valence-electron chi connectivity index (χ0n) is 6.77. The molecule has 2 heterocycles. The Kier molecular flexibility index (Phi) is 2.29. The number of rotatable bonds is 1. The highest BCUT2D eigenvalue weighted by molar-refractivity contribution is 5.03. The van der Waals surface area contributed by atoms with Crippen LogP contribution in [0.2, 0.25) is 0 Å². The first-order chi connectivity index (χ1) is 5.97. The molecule has 1 aliphatic heterocycles. The first kappa shape index (κ1) is 7.64. The van der Waals surface area contributed by atoms with E-state index >= 15 is 0 Å². The normalized spacial score (nSPS) is 23.8. The third-order valence-corrected chi connectivity index (χ3v) is 1.90. The SMILES string of the molecule is c1cnc(C2CNCC[N]2)cn1. The maximum atomic E-state index is 4.43. The molecule has 4 heteroatoms. The molecule has 1 aromatic heterocycles. The number of hydrogen-bond donors (Lipinski definition) is 1. The Bertz CT molecular complexity index is 230. The van der Waals surface area contributed by atoms with Crippen molar-refractivity contribution in [1.82, 2.24) is 20.6 Å². The lowest BCUT2D eigenvalue weighted by molar-refractivity contribution is 0.413. The summed E-state index contributed by atoms with van der Waals surface area (Å²) in [5.74, 6) is 0. The van der Waals surface area contributed by atoms with Gasteiger partial charge in [-0.05, 0) is 0 Å². The maximum Gasteiger partial charge on any atom is 0.0807 e. The lowest BCUT2D eigenvalue weighted by Crippen LogP contribution is -2.38. The predicted molar refractivity (Wildman–Crippen MR) is 44.6 cm³/mol. The number of nitrogens with one attached hydrogen (secondary N) is 1. The summed E-state index contributed by atoms with van der Waals surface area (Å²) < 4.78 is 0. The van der Waals surface area contributed by atoms with Crippen molar-refractivity contribution in [3.05, 3.63) is 24.3 Å². The molecule has 0 amide bonds. The Morgan fingerprint density at radius 2 is 2.42 bits per heavy atom. The summed E-state index contributed by atoms with van der Waals surface area (Å²) in [6, 6.07) is 0.201. The molecule has 12 heavy (non-hydrogen) atoms. The Morgan fingerprint density at radius 1 is 1.42 bits per heavy atom. The minimum absolute atomic E-state index is 0.201. The van der Waals surface area contributed by atoms with Gasteiger partial charge in [-0.2, -0.15) is 0 Å². The largest absolute Gasteiger partial charge is 0.313 e. The Balaban J connectivity index is 2.08. The molecule has 1 unspecified atom stereocenters. The topological polar surface area (TPSA) is 51.9 Å². The maximum absolute atomic E-state index is 4.43. The third kappa shape index (κ3) is 1.60. The number of hydrogen-bond acceptors (Lipinski definition) is 3. The minimum Gasteiger partial charge on any atom is -0.313 e. The summed E-state index contributed by atoms with van der Waals surface area (Å²) in [6.45, 7) is 2.75. The highest BCUT2D eigenvalue weighted by Crippen LogP contribution is 2.09. The lowest BCUT2D eigenvalue weighted by Gasteiger charge is -2.21. The average molecular weight is 163 g/mol. The van der Waals surface area contributed by atoms with Gasteiger partial charge in [-0.25, -0.2) is 5.32 Å². The fourth-order valence-electron chi connectivity index (χ4n) is 1.28. The van der Waals surface area contributed by atoms with E-state index in [0.29, 0.717) is 0 Å². The van der Waals surface area contributed by atoms with Crippen LogP contribution in [0.3, 0.4) is 0 Å². The second-order valence-electron chi connectivity index (χ2n) is 2.76. The smallest absolute Gasteiger partial charge is 0.0807 e. The summed E-state index contributed by atoms with van der Waals surface area (Å²) in [6.07, 6.45) is 5.17. The standard InChI is InChI=1S/C8H11N4/c1-3-11-7(5-9-1)8-6-10-2-4-12-8/h1,3,5,8,10H,2,4,6H2. The van der Waals surface area contributed by atoms with E-state index in [1.54, 1.807) is 18.6 Å². The van der Waals surface area contributed by atoms with Crippen LogP contribution >= 0.6 is 0 Å². The van der Waals surface area contributed by atoms with E-state index < -0.39 is 0 Å². The molecule has 1 aromatic rings. The molecule has 0 aromatic carbocycles. The number of aromatic nitrogens is 2. The number of nitrogens with zero attached hydrogens (tertiary/aromatic N) is 3. The molecule has 1 fully saturated rings. The van der Waals surface area contributed by atoms with Crippen molar-refractivity contribution in [2.75, 3.05) is 19.6 Å². The molecule has 1 saturated heterocycles. The van der Waals surface area contributed by atoms with E-state index in [2.05, 4.69) is 20.6 Å². The Labute approximate surface area is 71.4 Å². The van der Waals surface area contributed by atoms with Crippen LogP contribution in [0.1, 0.15) is 11.7 Å². The van der Waals surface area contributed by atoms with Gasteiger partial charge in [0, 0.05) is 32.0 Å². The molecule has 4 nitrogen and oxygen atoms in total. The average Bonchev–Trinajstić information content (AvgIpc) is 2.21. The quantitative estimate of drug-likeness (QED) is 0.619. The van der Waals surface area contributed by atoms with E-state index in [0.717, 1.165) is 25.3 Å². The summed E-state index contributed by atoms with van der Waals surface area (Å²) in [5, 5.41) is 7.71. The van der Waals surface area contributed by atoms with Crippen LogP contribution in [0.5, 0.6) is 0 Å². The van der Waals surface area contributed by atoms with E-state index in [9.17, 15) is 0 Å².